The quantitative estimate of drug-likeness (QED) is 0.447. The van der Waals surface area contributed by atoms with E-state index < -0.39 is 9.17 Å². The summed E-state index contributed by atoms with van der Waals surface area (Å²) in [4.78, 5) is 14.3. The minimum absolute atomic E-state index is 0. The third kappa shape index (κ3) is 1110. The minimum Gasteiger partial charge on any atom is -0.511 e. The molecule has 0 unspecified atom stereocenters. The Morgan fingerprint density at radius 1 is 1.17 bits per heavy atom. The van der Waals surface area contributed by atoms with Gasteiger partial charge < -0.3 is 9.59 Å². The topological polar surface area (TPSA) is 57.5 Å². The molecule has 0 heterocycles. The second-order valence-electron chi connectivity index (χ2n) is 0.283. The minimum atomic E-state index is -3.13. The molecule has 0 spiro atoms. The van der Waals surface area contributed by atoms with Crippen LogP contribution in [-0.2, 0) is 4.46 Å². The lowest BCUT2D eigenvalue weighted by molar-refractivity contribution is 0.330. The van der Waals surface area contributed by atoms with E-state index in [-0.39, 0.29) is 24.8 Å². The Morgan fingerprint density at radius 2 is 1.17 bits per heavy atom. The molecule has 0 aromatic heterocycles. The van der Waals surface area contributed by atoms with Gasteiger partial charge in [-0.2, -0.15) is 0 Å². The van der Waals surface area contributed by atoms with Crippen LogP contribution in [0.5, 0.6) is 0 Å². The van der Waals surface area contributed by atoms with E-state index in [1.807, 2.05) is 0 Å². The van der Waals surface area contributed by atoms with Crippen LogP contribution >= 0.6 is 24.8 Å². The van der Waals surface area contributed by atoms with Crippen molar-refractivity contribution in [3.05, 3.63) is 0 Å². The maximum atomic E-state index is 8.74. The maximum Gasteiger partial charge on any atom is 0.761 e. The van der Waals surface area contributed by atoms with Crippen molar-refractivity contribution in [2.45, 2.75) is 0 Å². The molecule has 0 aromatic rings. The van der Waals surface area contributed by atoms with Crippen LogP contribution in [0.3, 0.4) is 0 Å². The summed E-state index contributed by atoms with van der Waals surface area (Å²) in [5.41, 5.74) is 0. The predicted octanol–water partition coefficient (Wildman–Crippen LogP) is -0.770. The van der Waals surface area contributed by atoms with Gasteiger partial charge in [-0.3, -0.25) is 4.46 Å². The largest absolute Gasteiger partial charge is 0.761 e. The van der Waals surface area contributed by atoms with E-state index in [0.717, 1.165) is 0 Å². The molecule has 0 aliphatic rings. The van der Waals surface area contributed by atoms with E-state index in [4.69, 9.17) is 14.1 Å². The lowest BCUT2D eigenvalue weighted by atomic mass is 15.8. The van der Waals surface area contributed by atoms with Gasteiger partial charge in [0.2, 0.25) is 0 Å². The van der Waals surface area contributed by atoms with Crippen LogP contribution in [0.25, 0.3) is 0 Å². The average molecular weight is 151 g/mol. The van der Waals surface area contributed by atoms with E-state index in [1.165, 1.54) is 0 Å². The van der Waals surface area contributed by atoms with Crippen LogP contribution in [0.2, 0.25) is 0 Å². The summed E-state index contributed by atoms with van der Waals surface area (Å²) < 4.78 is 8.74. The van der Waals surface area contributed by atoms with Crippen LogP contribution in [0, 0.1) is 0 Å². The molecule has 6 heteroatoms. The van der Waals surface area contributed by atoms with Crippen LogP contribution in [0.15, 0.2) is 0 Å². The summed E-state index contributed by atoms with van der Waals surface area (Å²) >= 11 is 0. The molecule has 0 saturated heterocycles. The van der Waals surface area contributed by atoms with E-state index in [2.05, 4.69) is 0 Å². The normalized spacial score (nSPS) is 4.00. The Balaban J connectivity index is -0.0000000450. The fraction of sp³-hybridized carbons (Fsp3) is 0. The highest BCUT2D eigenvalue weighted by atomic mass is 35.5. The molecule has 0 amide bonds. The highest BCUT2D eigenvalue weighted by Crippen LogP contribution is 1.27. The fourth-order valence-corrected chi connectivity index (χ4v) is 0. The summed E-state index contributed by atoms with van der Waals surface area (Å²) in [5.74, 6) is 0. The molecule has 0 rings (SSSR count). The van der Waals surface area contributed by atoms with Crippen LogP contribution in [0.4, 0.5) is 0 Å². The first-order chi connectivity index (χ1) is 1.73. The Labute approximate surface area is 48.7 Å². The van der Waals surface area contributed by atoms with Gasteiger partial charge in [0.25, 0.3) is 0 Å². The first-order valence-corrected chi connectivity index (χ1v) is 1.95. The zero-order chi connectivity index (χ0) is 3.58. The molecule has 0 fully saturated rings. The third-order valence-electron chi connectivity index (χ3n) is 0. The molecule has 0 radical (unpaired) electrons. The standard InChI is InChI=1S/2ClH.H2O3Si/c;;1-4(2)3/h2*1H;1-2H. The summed E-state index contributed by atoms with van der Waals surface area (Å²) in [5, 5.41) is 0. The number of hydrogen-bond acceptors (Lipinski definition) is 1. The fourth-order valence-electron chi connectivity index (χ4n) is 0. The Bertz CT molecular complexity index is 31.8. The molecule has 0 bridgehead atoms. The summed E-state index contributed by atoms with van der Waals surface area (Å²) in [6, 6.07) is 0. The smallest absolute Gasteiger partial charge is 0.511 e. The van der Waals surface area contributed by atoms with Crippen LogP contribution in [0.1, 0.15) is 0 Å². The molecule has 2 N–H and O–H groups in total. The Morgan fingerprint density at radius 3 is 1.17 bits per heavy atom. The molecule has 6 heavy (non-hydrogen) atoms. The Kier molecular flexibility index (Phi) is 24.4. The first kappa shape index (κ1) is 16.4. The van der Waals surface area contributed by atoms with Gasteiger partial charge in [-0.15, -0.1) is 24.8 Å². The lowest BCUT2D eigenvalue weighted by Gasteiger charge is -1.55. The van der Waals surface area contributed by atoms with Crippen LogP contribution in [-0.4, -0.2) is 18.8 Å². The lowest BCUT2D eigenvalue weighted by Crippen LogP contribution is -1.90. The van der Waals surface area contributed by atoms with Gasteiger partial charge in [0.05, 0.1) is 0 Å². The highest BCUT2D eigenvalue weighted by molar-refractivity contribution is 6.22. The van der Waals surface area contributed by atoms with E-state index in [1.54, 1.807) is 0 Å². The zero-order valence-electron chi connectivity index (χ0n) is 2.62. The van der Waals surface area contributed by atoms with Gasteiger partial charge in [0, 0.05) is 0 Å². The van der Waals surface area contributed by atoms with E-state index in [0.29, 0.717) is 0 Å². The molecule has 0 aromatic carbocycles. The van der Waals surface area contributed by atoms with Crippen molar-refractivity contribution in [2.75, 3.05) is 0 Å². The molecule has 40 valence electrons. The molecule has 3 nitrogen and oxygen atoms in total. The van der Waals surface area contributed by atoms with Crippen molar-refractivity contribution in [3.8, 4) is 0 Å². The van der Waals surface area contributed by atoms with Crippen molar-refractivity contribution < 1.29 is 14.1 Å². The maximum absolute atomic E-state index is 8.74. The average Bonchev–Trinajstić information content (AvgIpc) is 0.811. The number of rotatable bonds is 0. The van der Waals surface area contributed by atoms with Gasteiger partial charge in [0.1, 0.15) is 0 Å². The molecular formula is H4Cl2O3Si. The van der Waals surface area contributed by atoms with E-state index in [9.17, 15) is 0 Å². The van der Waals surface area contributed by atoms with Crippen molar-refractivity contribution in [3.63, 3.8) is 0 Å². The van der Waals surface area contributed by atoms with Crippen molar-refractivity contribution in [2.24, 2.45) is 0 Å². The molecule has 0 aliphatic heterocycles. The molecule has 0 saturated carbocycles. The van der Waals surface area contributed by atoms with Crippen LogP contribution < -0.4 is 0 Å². The van der Waals surface area contributed by atoms with Gasteiger partial charge in [-0.05, 0) is 0 Å². The Hall–Kier alpha value is 0.197. The SMILES string of the molecule is Cl.Cl.O=[Si](O)O. The van der Waals surface area contributed by atoms with Crippen molar-refractivity contribution in [1.29, 1.82) is 0 Å². The third-order valence-corrected chi connectivity index (χ3v) is 0. The monoisotopic (exact) mass is 150 g/mol. The second-order valence-corrected chi connectivity index (χ2v) is 0.848. The second kappa shape index (κ2) is 8.96. The van der Waals surface area contributed by atoms with Gasteiger partial charge >= 0.3 is 9.17 Å². The summed E-state index contributed by atoms with van der Waals surface area (Å²) in [6.45, 7) is 0. The van der Waals surface area contributed by atoms with Crippen molar-refractivity contribution >= 4 is 34.0 Å². The molecule has 0 atom stereocenters. The number of hydrogen-bond donors (Lipinski definition) is 2. The van der Waals surface area contributed by atoms with Gasteiger partial charge in [-0.25, -0.2) is 0 Å². The van der Waals surface area contributed by atoms with Gasteiger partial charge in [0.15, 0.2) is 0 Å². The molecule has 0 aliphatic carbocycles. The zero-order valence-corrected chi connectivity index (χ0v) is 5.25. The predicted molar refractivity (Wildman–Crippen MR) is 25.4 cm³/mol. The highest BCUT2D eigenvalue weighted by Gasteiger charge is 1.85. The first-order valence-electron chi connectivity index (χ1n) is 0.651. The number of halogens is 2. The summed E-state index contributed by atoms with van der Waals surface area (Å²) in [6.07, 6.45) is 0. The molecular weight excluding hydrogens is 147 g/mol. The van der Waals surface area contributed by atoms with Crippen molar-refractivity contribution in [1.82, 2.24) is 0 Å². The summed E-state index contributed by atoms with van der Waals surface area (Å²) in [7, 11) is -3.13. The van der Waals surface area contributed by atoms with E-state index >= 15 is 0 Å². The van der Waals surface area contributed by atoms with Gasteiger partial charge in [-0.1, -0.05) is 0 Å².